The molecule has 1 heterocycles. The quantitative estimate of drug-likeness (QED) is 0.592. The summed E-state index contributed by atoms with van der Waals surface area (Å²) in [6.07, 6.45) is 3.04. The van der Waals surface area contributed by atoms with Crippen LogP contribution in [0.5, 0.6) is 0 Å². The van der Waals surface area contributed by atoms with E-state index in [1.54, 1.807) is 25.3 Å². The van der Waals surface area contributed by atoms with E-state index in [9.17, 15) is 4.39 Å². The van der Waals surface area contributed by atoms with Crippen LogP contribution in [0.15, 0.2) is 24.5 Å². The zero-order chi connectivity index (χ0) is 8.55. The summed E-state index contributed by atoms with van der Waals surface area (Å²) in [6.45, 7) is 1.71. The van der Waals surface area contributed by atoms with Crippen molar-refractivity contribution < 1.29 is 4.39 Å². The van der Waals surface area contributed by atoms with Crippen LogP contribution in [0.2, 0.25) is 0 Å². The van der Waals surface area contributed by atoms with E-state index in [1.807, 2.05) is 0 Å². The highest BCUT2D eigenvalue weighted by molar-refractivity contribution is 5.75. The highest BCUT2D eigenvalue weighted by Gasteiger charge is 2.04. The molecule has 12 heavy (non-hydrogen) atoms. The topological polar surface area (TPSA) is 25.8 Å². The molecule has 0 unspecified atom stereocenters. The van der Waals surface area contributed by atoms with Gasteiger partial charge in [-0.1, -0.05) is 6.07 Å². The van der Waals surface area contributed by atoms with Gasteiger partial charge in [0.05, 0.1) is 5.52 Å². The lowest BCUT2D eigenvalue weighted by atomic mass is 10.2. The van der Waals surface area contributed by atoms with Crippen LogP contribution in [-0.2, 0) is 0 Å². The highest BCUT2D eigenvalue weighted by atomic mass is 19.1. The molecule has 2 aromatic rings. The summed E-state index contributed by atoms with van der Waals surface area (Å²) < 4.78 is 13.3. The minimum Gasteiger partial charge on any atom is -0.253 e. The van der Waals surface area contributed by atoms with E-state index < -0.39 is 0 Å². The standard InChI is InChI=1S/C9H7FN2/c1-6-2-3-7-9(8(6)10)12-5-4-11-7/h2-5H,1H3. The van der Waals surface area contributed by atoms with Crippen molar-refractivity contribution in [1.82, 2.24) is 9.97 Å². The Kier molecular flexibility index (Phi) is 1.50. The molecule has 0 spiro atoms. The van der Waals surface area contributed by atoms with Crippen molar-refractivity contribution in [2.75, 3.05) is 0 Å². The maximum absolute atomic E-state index is 13.3. The van der Waals surface area contributed by atoms with E-state index in [2.05, 4.69) is 9.97 Å². The van der Waals surface area contributed by atoms with E-state index in [4.69, 9.17) is 0 Å². The Bertz CT molecular complexity index is 426. The average molecular weight is 162 g/mol. The molecular formula is C9H7FN2. The maximum Gasteiger partial charge on any atom is 0.153 e. The molecule has 1 aromatic carbocycles. The number of hydrogen-bond donors (Lipinski definition) is 0. The number of nitrogens with zero attached hydrogens (tertiary/aromatic N) is 2. The molecule has 2 nitrogen and oxygen atoms in total. The van der Waals surface area contributed by atoms with E-state index in [0.29, 0.717) is 16.6 Å². The third-order valence-corrected chi connectivity index (χ3v) is 1.77. The molecule has 0 aliphatic carbocycles. The second kappa shape index (κ2) is 2.52. The van der Waals surface area contributed by atoms with Crippen LogP contribution in [0.25, 0.3) is 11.0 Å². The molecular weight excluding hydrogens is 155 g/mol. The molecule has 0 aliphatic rings. The van der Waals surface area contributed by atoms with Crippen LogP contribution in [0.4, 0.5) is 4.39 Å². The Morgan fingerprint density at radius 3 is 2.75 bits per heavy atom. The number of rotatable bonds is 0. The largest absolute Gasteiger partial charge is 0.253 e. The second-order valence-electron chi connectivity index (χ2n) is 2.62. The average Bonchev–Trinajstić information content (AvgIpc) is 2.12. The number of hydrogen-bond acceptors (Lipinski definition) is 2. The Morgan fingerprint density at radius 1 is 1.17 bits per heavy atom. The number of fused-ring (bicyclic) bond motifs is 1. The summed E-state index contributed by atoms with van der Waals surface area (Å²) in [4.78, 5) is 7.88. The lowest BCUT2D eigenvalue weighted by Crippen LogP contribution is -1.89. The molecule has 0 aliphatic heterocycles. The summed E-state index contributed by atoms with van der Waals surface area (Å²) >= 11 is 0. The molecule has 0 saturated heterocycles. The van der Waals surface area contributed by atoms with Gasteiger partial charge in [-0.25, -0.2) is 9.37 Å². The van der Waals surface area contributed by atoms with Crippen LogP contribution in [-0.4, -0.2) is 9.97 Å². The molecule has 0 saturated carbocycles. The van der Waals surface area contributed by atoms with E-state index in [-0.39, 0.29) is 5.82 Å². The third kappa shape index (κ3) is 0.942. The molecule has 0 bridgehead atoms. The van der Waals surface area contributed by atoms with E-state index in [1.165, 1.54) is 6.20 Å². The zero-order valence-corrected chi connectivity index (χ0v) is 6.58. The van der Waals surface area contributed by atoms with Gasteiger partial charge in [0.15, 0.2) is 5.82 Å². The van der Waals surface area contributed by atoms with Gasteiger partial charge in [0.1, 0.15) is 5.52 Å². The maximum atomic E-state index is 13.3. The van der Waals surface area contributed by atoms with Crippen molar-refractivity contribution >= 4 is 11.0 Å². The minimum atomic E-state index is -0.277. The van der Waals surface area contributed by atoms with E-state index >= 15 is 0 Å². The fourth-order valence-electron chi connectivity index (χ4n) is 1.10. The molecule has 0 amide bonds. The molecule has 2 rings (SSSR count). The summed E-state index contributed by atoms with van der Waals surface area (Å²) in [6, 6.07) is 3.47. The fourth-order valence-corrected chi connectivity index (χ4v) is 1.10. The van der Waals surface area contributed by atoms with Crippen LogP contribution < -0.4 is 0 Å². The monoisotopic (exact) mass is 162 g/mol. The lowest BCUT2D eigenvalue weighted by molar-refractivity contribution is 0.627. The van der Waals surface area contributed by atoms with Crippen LogP contribution in [0, 0.1) is 12.7 Å². The number of aryl methyl sites for hydroxylation is 1. The summed E-state index contributed by atoms with van der Waals surface area (Å²) in [7, 11) is 0. The fraction of sp³-hybridized carbons (Fsp3) is 0.111. The molecule has 0 fully saturated rings. The second-order valence-corrected chi connectivity index (χ2v) is 2.62. The van der Waals surface area contributed by atoms with Crippen LogP contribution in [0.3, 0.4) is 0 Å². The Hall–Kier alpha value is -1.51. The van der Waals surface area contributed by atoms with E-state index in [0.717, 1.165) is 0 Å². The smallest absolute Gasteiger partial charge is 0.153 e. The summed E-state index contributed by atoms with van der Waals surface area (Å²) in [5, 5.41) is 0. The Balaban J connectivity index is 2.91. The van der Waals surface area contributed by atoms with Gasteiger partial charge in [-0.3, -0.25) is 4.98 Å². The molecule has 0 atom stereocenters. The summed E-state index contributed by atoms with van der Waals surface area (Å²) in [5.41, 5.74) is 1.54. The van der Waals surface area contributed by atoms with Gasteiger partial charge in [0.2, 0.25) is 0 Å². The zero-order valence-electron chi connectivity index (χ0n) is 6.58. The molecule has 0 radical (unpaired) electrons. The van der Waals surface area contributed by atoms with Crippen LogP contribution in [0.1, 0.15) is 5.56 Å². The van der Waals surface area contributed by atoms with Crippen molar-refractivity contribution in [1.29, 1.82) is 0 Å². The van der Waals surface area contributed by atoms with Crippen LogP contribution >= 0.6 is 0 Å². The number of aromatic nitrogens is 2. The molecule has 60 valence electrons. The van der Waals surface area contributed by atoms with Crippen molar-refractivity contribution in [3.8, 4) is 0 Å². The predicted octanol–water partition coefficient (Wildman–Crippen LogP) is 2.08. The van der Waals surface area contributed by atoms with Gasteiger partial charge in [0, 0.05) is 12.4 Å². The molecule has 0 N–H and O–H groups in total. The van der Waals surface area contributed by atoms with Gasteiger partial charge in [-0.2, -0.15) is 0 Å². The lowest BCUT2D eigenvalue weighted by Gasteiger charge is -1.98. The first-order chi connectivity index (χ1) is 5.79. The normalized spacial score (nSPS) is 10.5. The van der Waals surface area contributed by atoms with Gasteiger partial charge >= 0.3 is 0 Å². The summed E-state index contributed by atoms with van der Waals surface area (Å²) in [5.74, 6) is -0.277. The van der Waals surface area contributed by atoms with Gasteiger partial charge in [-0.05, 0) is 18.6 Å². The third-order valence-electron chi connectivity index (χ3n) is 1.77. The molecule has 3 heteroatoms. The van der Waals surface area contributed by atoms with Crippen molar-refractivity contribution in [2.45, 2.75) is 6.92 Å². The van der Waals surface area contributed by atoms with Crippen molar-refractivity contribution in [3.63, 3.8) is 0 Å². The van der Waals surface area contributed by atoms with Gasteiger partial charge < -0.3 is 0 Å². The van der Waals surface area contributed by atoms with Gasteiger partial charge in [0.25, 0.3) is 0 Å². The first-order valence-electron chi connectivity index (χ1n) is 3.65. The van der Waals surface area contributed by atoms with Crippen molar-refractivity contribution in [3.05, 3.63) is 35.9 Å². The number of benzene rings is 1. The van der Waals surface area contributed by atoms with Crippen molar-refractivity contribution in [2.24, 2.45) is 0 Å². The predicted molar refractivity (Wildman–Crippen MR) is 44.2 cm³/mol. The van der Waals surface area contributed by atoms with Gasteiger partial charge in [-0.15, -0.1) is 0 Å². The minimum absolute atomic E-state index is 0.277. The molecule has 1 aromatic heterocycles. The SMILES string of the molecule is Cc1ccc2nccnc2c1F. The first-order valence-corrected chi connectivity index (χ1v) is 3.65. The highest BCUT2D eigenvalue weighted by Crippen LogP contribution is 2.15. The Morgan fingerprint density at radius 2 is 1.92 bits per heavy atom. The Labute approximate surface area is 69.1 Å². The number of halogens is 1. The first kappa shape index (κ1) is 7.16.